The first kappa shape index (κ1) is 24.7. The third-order valence-electron chi connectivity index (χ3n) is 7.13. The predicted molar refractivity (Wildman–Crippen MR) is 154 cm³/mol. The van der Waals surface area contributed by atoms with E-state index in [1.54, 1.807) is 11.3 Å². The van der Waals surface area contributed by atoms with Crippen molar-refractivity contribution in [1.29, 1.82) is 5.26 Å². The SMILES string of the molecule is CC(C)(C)[C@H]1CCc2c(sc(N=Cc3c(OCc4ccc(Br)cc4)ccc4ccccc34)c2C#N)C1. The highest BCUT2D eigenvalue weighted by molar-refractivity contribution is 9.10. The van der Waals surface area contributed by atoms with E-state index in [0.717, 1.165) is 61.9 Å². The van der Waals surface area contributed by atoms with Gasteiger partial charge in [0.2, 0.25) is 0 Å². The lowest BCUT2D eigenvalue weighted by Crippen LogP contribution is -2.26. The number of hydrogen-bond acceptors (Lipinski definition) is 4. The van der Waals surface area contributed by atoms with Gasteiger partial charge in [-0.15, -0.1) is 11.3 Å². The number of halogens is 1. The van der Waals surface area contributed by atoms with Crippen molar-refractivity contribution in [3.63, 3.8) is 0 Å². The Kier molecular flexibility index (Phi) is 7.01. The normalized spacial score (nSPS) is 15.7. The first-order valence-electron chi connectivity index (χ1n) is 12.3. The summed E-state index contributed by atoms with van der Waals surface area (Å²) in [6.07, 6.45) is 5.01. The summed E-state index contributed by atoms with van der Waals surface area (Å²) in [4.78, 5) is 6.23. The fourth-order valence-electron chi connectivity index (χ4n) is 4.92. The molecule has 0 radical (unpaired) electrons. The molecule has 0 unspecified atom stereocenters. The molecule has 4 aromatic rings. The molecule has 3 aromatic carbocycles. The lowest BCUT2D eigenvalue weighted by atomic mass is 9.72. The quantitative estimate of drug-likeness (QED) is 0.230. The maximum atomic E-state index is 10.00. The summed E-state index contributed by atoms with van der Waals surface area (Å²) in [5.74, 6) is 1.41. The van der Waals surface area contributed by atoms with E-state index < -0.39 is 0 Å². The lowest BCUT2D eigenvalue weighted by Gasteiger charge is -2.33. The van der Waals surface area contributed by atoms with Crippen molar-refractivity contribution in [3.05, 3.63) is 92.3 Å². The van der Waals surface area contributed by atoms with Crippen LogP contribution in [0.3, 0.4) is 0 Å². The number of benzene rings is 3. The monoisotopic (exact) mass is 556 g/mol. The minimum atomic E-state index is 0.266. The molecular formula is C31H29BrN2OS. The molecule has 0 amide bonds. The van der Waals surface area contributed by atoms with Crippen LogP contribution in [0.2, 0.25) is 0 Å². The molecule has 5 rings (SSSR count). The molecule has 0 saturated carbocycles. The summed E-state index contributed by atoms with van der Waals surface area (Å²) >= 11 is 5.17. The Labute approximate surface area is 225 Å². The molecule has 1 aliphatic carbocycles. The van der Waals surface area contributed by atoms with Gasteiger partial charge in [-0.3, -0.25) is 0 Å². The number of aliphatic imine (C=N–C) groups is 1. The van der Waals surface area contributed by atoms with Crippen LogP contribution in [-0.2, 0) is 19.4 Å². The molecule has 36 heavy (non-hydrogen) atoms. The molecule has 3 nitrogen and oxygen atoms in total. The van der Waals surface area contributed by atoms with Gasteiger partial charge in [0.15, 0.2) is 0 Å². The largest absolute Gasteiger partial charge is 0.488 e. The van der Waals surface area contributed by atoms with Gasteiger partial charge in [0, 0.05) is 21.1 Å². The maximum Gasteiger partial charge on any atom is 0.134 e. The van der Waals surface area contributed by atoms with E-state index in [9.17, 15) is 5.26 Å². The average molecular weight is 558 g/mol. The first-order chi connectivity index (χ1) is 17.3. The molecule has 0 bridgehead atoms. The zero-order valence-electron chi connectivity index (χ0n) is 20.8. The summed E-state index contributed by atoms with van der Waals surface area (Å²) in [5.41, 5.74) is 4.26. The highest BCUT2D eigenvalue weighted by Crippen LogP contribution is 2.45. The Balaban J connectivity index is 1.49. The molecule has 1 aliphatic rings. The van der Waals surface area contributed by atoms with Crippen molar-refractivity contribution in [2.45, 2.75) is 46.6 Å². The van der Waals surface area contributed by atoms with Crippen molar-refractivity contribution in [2.75, 3.05) is 0 Å². The topological polar surface area (TPSA) is 45.4 Å². The second-order valence-corrected chi connectivity index (χ2v) is 12.5. The van der Waals surface area contributed by atoms with Crippen molar-refractivity contribution in [3.8, 4) is 11.8 Å². The average Bonchev–Trinajstić information content (AvgIpc) is 3.23. The zero-order chi connectivity index (χ0) is 25.3. The van der Waals surface area contributed by atoms with Crippen molar-refractivity contribution >= 4 is 49.3 Å². The van der Waals surface area contributed by atoms with Crippen molar-refractivity contribution < 1.29 is 4.74 Å². The van der Waals surface area contributed by atoms with Gasteiger partial charge in [-0.05, 0) is 70.7 Å². The van der Waals surface area contributed by atoms with Gasteiger partial charge < -0.3 is 4.74 Å². The molecule has 0 N–H and O–H groups in total. The summed E-state index contributed by atoms with van der Waals surface area (Å²) in [6.45, 7) is 7.42. The van der Waals surface area contributed by atoms with Gasteiger partial charge in [-0.2, -0.15) is 5.26 Å². The van der Waals surface area contributed by atoms with E-state index in [0.29, 0.717) is 12.5 Å². The lowest BCUT2D eigenvalue weighted by molar-refractivity contribution is 0.218. The zero-order valence-corrected chi connectivity index (χ0v) is 23.2. The van der Waals surface area contributed by atoms with Crippen LogP contribution in [-0.4, -0.2) is 6.21 Å². The van der Waals surface area contributed by atoms with Crippen molar-refractivity contribution in [1.82, 2.24) is 0 Å². The molecule has 0 saturated heterocycles. The van der Waals surface area contributed by atoms with Crippen LogP contribution in [0.1, 0.15) is 54.3 Å². The van der Waals surface area contributed by atoms with Crippen LogP contribution >= 0.6 is 27.3 Å². The second kappa shape index (κ2) is 10.2. The first-order valence-corrected chi connectivity index (χ1v) is 13.9. The number of rotatable bonds is 5. The van der Waals surface area contributed by atoms with E-state index in [2.05, 4.69) is 73.1 Å². The molecule has 0 fully saturated rings. The Morgan fingerprint density at radius 1 is 1.11 bits per heavy atom. The molecule has 0 aliphatic heterocycles. The Bertz CT molecular complexity index is 1470. The van der Waals surface area contributed by atoms with E-state index in [4.69, 9.17) is 9.73 Å². The molecule has 1 heterocycles. The van der Waals surface area contributed by atoms with Gasteiger partial charge in [0.1, 0.15) is 23.4 Å². The van der Waals surface area contributed by atoms with E-state index >= 15 is 0 Å². The highest BCUT2D eigenvalue weighted by atomic mass is 79.9. The highest BCUT2D eigenvalue weighted by Gasteiger charge is 2.32. The molecule has 182 valence electrons. The summed E-state index contributed by atoms with van der Waals surface area (Å²) in [5, 5.41) is 13.0. The van der Waals surface area contributed by atoms with Crippen LogP contribution in [0.25, 0.3) is 10.8 Å². The number of hydrogen-bond donors (Lipinski definition) is 0. The van der Waals surface area contributed by atoms with Crippen LogP contribution < -0.4 is 4.74 Å². The Morgan fingerprint density at radius 3 is 2.64 bits per heavy atom. The number of nitrogens with zero attached hydrogens (tertiary/aromatic N) is 2. The van der Waals surface area contributed by atoms with E-state index in [1.165, 1.54) is 10.4 Å². The molecule has 5 heteroatoms. The minimum Gasteiger partial charge on any atom is -0.488 e. The Morgan fingerprint density at radius 2 is 1.89 bits per heavy atom. The number of fused-ring (bicyclic) bond motifs is 2. The fourth-order valence-corrected chi connectivity index (χ4v) is 6.40. The smallest absolute Gasteiger partial charge is 0.134 e. The van der Waals surface area contributed by atoms with Crippen LogP contribution in [0.4, 0.5) is 5.00 Å². The minimum absolute atomic E-state index is 0.266. The van der Waals surface area contributed by atoms with E-state index in [1.807, 2.05) is 36.5 Å². The summed E-state index contributed by atoms with van der Waals surface area (Å²) in [6, 6.07) is 23.0. The number of thiophene rings is 1. The van der Waals surface area contributed by atoms with Crippen LogP contribution in [0.15, 0.2) is 70.1 Å². The molecule has 1 aromatic heterocycles. The van der Waals surface area contributed by atoms with Gasteiger partial charge in [-0.1, -0.05) is 79.2 Å². The van der Waals surface area contributed by atoms with Gasteiger partial charge in [0.25, 0.3) is 0 Å². The summed E-state index contributed by atoms with van der Waals surface area (Å²) in [7, 11) is 0. The summed E-state index contributed by atoms with van der Waals surface area (Å²) < 4.78 is 7.33. The van der Waals surface area contributed by atoms with Crippen molar-refractivity contribution in [2.24, 2.45) is 16.3 Å². The second-order valence-electron chi connectivity index (χ2n) is 10.5. The van der Waals surface area contributed by atoms with Crippen LogP contribution in [0.5, 0.6) is 5.75 Å². The van der Waals surface area contributed by atoms with Gasteiger partial charge in [-0.25, -0.2) is 4.99 Å². The fraction of sp³-hybridized carbons (Fsp3) is 0.290. The third-order valence-corrected chi connectivity index (χ3v) is 8.82. The van der Waals surface area contributed by atoms with Crippen LogP contribution in [0, 0.1) is 22.7 Å². The molecule has 0 spiro atoms. The van der Waals surface area contributed by atoms with E-state index in [-0.39, 0.29) is 5.41 Å². The van der Waals surface area contributed by atoms with Gasteiger partial charge in [0.05, 0.1) is 5.56 Å². The molecule has 1 atom stereocenters. The number of nitriles is 1. The third kappa shape index (κ3) is 5.12. The maximum absolute atomic E-state index is 10.00. The number of ether oxygens (including phenoxy) is 1. The Hall–Kier alpha value is -2.94. The molecular weight excluding hydrogens is 528 g/mol. The van der Waals surface area contributed by atoms with Gasteiger partial charge >= 0.3 is 0 Å². The standard InChI is InChI=1S/C31H29BrN2OS/c1-31(2,3)22-11-14-25-26(17-33)30(36-29(25)16-22)34-18-27-24-7-5-4-6-21(24)10-15-28(27)35-19-20-8-12-23(32)13-9-20/h4-10,12-13,15,18,22H,11,14,16,19H2,1-3H3/t22-/m0/s1. The predicted octanol–water partition coefficient (Wildman–Crippen LogP) is 9.02.